The Morgan fingerprint density at radius 1 is 1.16 bits per heavy atom. The number of thiophene rings is 1. The van der Waals surface area contributed by atoms with E-state index in [9.17, 15) is 9.59 Å². The van der Waals surface area contributed by atoms with Gasteiger partial charge in [-0.15, -0.1) is 33.3 Å². The predicted octanol–water partition coefficient (Wildman–Crippen LogP) is 4.15. The molecule has 1 aromatic carbocycles. The number of hydrogen-bond acceptors (Lipinski definition) is 9. The summed E-state index contributed by atoms with van der Waals surface area (Å²) in [5.74, 6) is 2.14. The molecule has 0 fully saturated rings. The molecule has 3 heterocycles. The smallest absolute Gasteiger partial charge is 0.286 e. The number of fused-ring (bicyclic) bond motifs is 1. The van der Waals surface area contributed by atoms with E-state index in [0.717, 1.165) is 20.3 Å². The molecule has 2 N–H and O–H groups in total. The van der Waals surface area contributed by atoms with Crippen LogP contribution in [0.2, 0.25) is 0 Å². The van der Waals surface area contributed by atoms with Gasteiger partial charge in [-0.1, -0.05) is 11.3 Å². The van der Waals surface area contributed by atoms with Crippen LogP contribution in [0.4, 0.5) is 5.69 Å². The number of aromatic nitrogens is 4. The summed E-state index contributed by atoms with van der Waals surface area (Å²) in [6, 6.07) is 7.06. The van der Waals surface area contributed by atoms with Crippen molar-refractivity contribution >= 4 is 56.2 Å². The Morgan fingerprint density at radius 2 is 1.94 bits per heavy atom. The van der Waals surface area contributed by atoms with Crippen molar-refractivity contribution in [2.24, 2.45) is 0 Å². The van der Waals surface area contributed by atoms with E-state index in [2.05, 4.69) is 25.5 Å². The summed E-state index contributed by atoms with van der Waals surface area (Å²) < 4.78 is 5.11. The number of carbonyl (C=O) groups excluding carboxylic acids is 1. The molecule has 0 bridgehead atoms. The zero-order valence-corrected chi connectivity index (χ0v) is 19.5. The van der Waals surface area contributed by atoms with Gasteiger partial charge in [0, 0.05) is 16.3 Å². The van der Waals surface area contributed by atoms with E-state index in [4.69, 9.17) is 4.74 Å². The summed E-state index contributed by atoms with van der Waals surface area (Å²) in [7, 11) is 1.59. The Labute approximate surface area is 190 Å². The van der Waals surface area contributed by atoms with Gasteiger partial charge in [0.2, 0.25) is 5.01 Å². The fourth-order valence-corrected chi connectivity index (χ4v) is 5.59. The van der Waals surface area contributed by atoms with Gasteiger partial charge in [0.1, 0.15) is 21.4 Å². The quantitative estimate of drug-likeness (QED) is 0.415. The highest BCUT2D eigenvalue weighted by Crippen LogP contribution is 2.27. The molecule has 0 radical (unpaired) electrons. The lowest BCUT2D eigenvalue weighted by Crippen LogP contribution is -2.11. The number of nitrogens with one attached hydrogen (secondary N) is 2. The molecule has 4 aromatic rings. The van der Waals surface area contributed by atoms with Gasteiger partial charge in [-0.05, 0) is 43.7 Å². The van der Waals surface area contributed by atoms with Gasteiger partial charge >= 0.3 is 0 Å². The van der Waals surface area contributed by atoms with Crippen LogP contribution in [-0.4, -0.2) is 33.2 Å². The van der Waals surface area contributed by atoms with Gasteiger partial charge in [0.25, 0.3) is 11.5 Å². The average Bonchev–Trinajstić information content (AvgIpc) is 3.33. The number of aromatic amines is 1. The number of amides is 1. The van der Waals surface area contributed by atoms with E-state index in [1.807, 2.05) is 13.8 Å². The molecule has 0 spiro atoms. The summed E-state index contributed by atoms with van der Waals surface area (Å²) in [6.07, 6.45) is 0. The van der Waals surface area contributed by atoms with Crippen LogP contribution in [-0.2, 0) is 11.5 Å². The highest BCUT2D eigenvalue weighted by molar-refractivity contribution is 7.97. The molecule has 0 aliphatic heterocycles. The van der Waals surface area contributed by atoms with Crippen LogP contribution in [0.5, 0.6) is 5.75 Å². The normalized spacial score (nSPS) is 11.1. The number of rotatable bonds is 7. The second kappa shape index (κ2) is 9.16. The molecule has 0 saturated carbocycles. The molecule has 8 nitrogen and oxygen atoms in total. The third-order valence-electron chi connectivity index (χ3n) is 4.56. The number of anilines is 1. The number of carbonyl (C=O) groups is 1. The summed E-state index contributed by atoms with van der Waals surface area (Å²) in [6.45, 7) is 3.94. The molecule has 31 heavy (non-hydrogen) atoms. The van der Waals surface area contributed by atoms with Crippen molar-refractivity contribution in [3.05, 3.63) is 60.9 Å². The number of methoxy groups -OCH3 is 1. The lowest BCUT2D eigenvalue weighted by Gasteiger charge is -2.04. The van der Waals surface area contributed by atoms with E-state index in [0.29, 0.717) is 39.2 Å². The minimum atomic E-state index is -0.307. The number of ether oxygens (including phenoxy) is 1. The lowest BCUT2D eigenvalue weighted by atomic mass is 10.2. The number of benzene rings is 1. The second-order valence-electron chi connectivity index (χ2n) is 6.65. The van der Waals surface area contributed by atoms with Gasteiger partial charge in [-0.3, -0.25) is 9.59 Å². The van der Waals surface area contributed by atoms with Gasteiger partial charge in [0.15, 0.2) is 0 Å². The monoisotopic (exact) mass is 473 g/mol. The largest absolute Gasteiger partial charge is 0.497 e. The highest BCUT2D eigenvalue weighted by atomic mass is 32.2. The minimum absolute atomic E-state index is 0.101. The van der Waals surface area contributed by atoms with E-state index in [1.165, 1.54) is 22.7 Å². The Bertz CT molecular complexity index is 1290. The first-order valence-electron chi connectivity index (χ1n) is 9.29. The third-order valence-corrected chi connectivity index (χ3v) is 7.72. The van der Waals surface area contributed by atoms with Crippen molar-refractivity contribution in [2.75, 3.05) is 12.4 Å². The van der Waals surface area contributed by atoms with Crippen LogP contribution in [0, 0.1) is 13.8 Å². The van der Waals surface area contributed by atoms with Crippen LogP contribution in [0.3, 0.4) is 0 Å². The fraction of sp³-hybridized carbons (Fsp3) is 0.250. The van der Waals surface area contributed by atoms with Crippen molar-refractivity contribution in [1.29, 1.82) is 0 Å². The Hall–Kier alpha value is -2.76. The molecule has 0 atom stereocenters. The van der Waals surface area contributed by atoms with Crippen molar-refractivity contribution in [3.63, 3.8) is 0 Å². The molecule has 1 amide bonds. The number of aryl methyl sites for hydroxylation is 2. The van der Waals surface area contributed by atoms with Crippen LogP contribution >= 0.6 is 34.4 Å². The van der Waals surface area contributed by atoms with E-state index in [-0.39, 0.29) is 11.5 Å². The van der Waals surface area contributed by atoms with E-state index < -0.39 is 0 Å². The first kappa shape index (κ1) is 21.5. The lowest BCUT2D eigenvalue weighted by molar-refractivity contribution is 0.102. The number of thioether (sulfide) groups is 1. The Balaban J connectivity index is 1.35. The van der Waals surface area contributed by atoms with Gasteiger partial charge in [-0.25, -0.2) is 4.98 Å². The van der Waals surface area contributed by atoms with Gasteiger partial charge in [-0.2, -0.15) is 0 Å². The highest BCUT2D eigenvalue weighted by Gasteiger charge is 2.15. The average molecular weight is 474 g/mol. The van der Waals surface area contributed by atoms with Crippen molar-refractivity contribution in [2.45, 2.75) is 25.4 Å². The standard InChI is InChI=1S/C20H19N5O3S3/c1-10-11(2)30-19-16(10)17(26)22-14(23-19)8-29-9-15-24-25-20(31-15)18(27)21-12-4-6-13(28-3)7-5-12/h4-7H,8-9H2,1-3H3,(H,21,27)(H,22,23,26). The first-order valence-corrected chi connectivity index (χ1v) is 12.1. The molecule has 0 aliphatic rings. The summed E-state index contributed by atoms with van der Waals surface area (Å²) in [5.41, 5.74) is 1.54. The maximum absolute atomic E-state index is 12.4. The molecule has 3 aromatic heterocycles. The van der Waals surface area contributed by atoms with Crippen molar-refractivity contribution in [3.8, 4) is 5.75 Å². The molecule has 0 unspecified atom stereocenters. The molecule has 0 saturated heterocycles. The predicted molar refractivity (Wildman–Crippen MR) is 126 cm³/mol. The molecule has 0 aliphatic carbocycles. The molecular formula is C20H19N5O3S3. The Morgan fingerprint density at radius 3 is 2.68 bits per heavy atom. The van der Waals surface area contributed by atoms with Crippen LogP contribution in [0.15, 0.2) is 29.1 Å². The van der Waals surface area contributed by atoms with Crippen molar-refractivity contribution in [1.82, 2.24) is 20.2 Å². The maximum Gasteiger partial charge on any atom is 0.286 e. The zero-order valence-electron chi connectivity index (χ0n) is 17.0. The second-order valence-corrected chi connectivity index (χ2v) is 9.90. The van der Waals surface area contributed by atoms with Crippen LogP contribution in [0.25, 0.3) is 10.2 Å². The van der Waals surface area contributed by atoms with Gasteiger partial charge in [0.05, 0.1) is 18.2 Å². The number of H-pyrrole nitrogens is 1. The summed E-state index contributed by atoms with van der Waals surface area (Å²) in [4.78, 5) is 34.1. The molecule has 4 rings (SSSR count). The van der Waals surface area contributed by atoms with Gasteiger partial charge < -0.3 is 15.0 Å². The molecule has 160 valence electrons. The van der Waals surface area contributed by atoms with Crippen LogP contribution < -0.4 is 15.6 Å². The third kappa shape index (κ3) is 4.78. The summed E-state index contributed by atoms with van der Waals surface area (Å²) >= 11 is 4.33. The molecule has 11 heteroatoms. The first-order chi connectivity index (χ1) is 14.9. The number of nitrogens with zero attached hydrogens (tertiary/aromatic N) is 3. The van der Waals surface area contributed by atoms with E-state index >= 15 is 0 Å². The van der Waals surface area contributed by atoms with E-state index in [1.54, 1.807) is 43.1 Å². The van der Waals surface area contributed by atoms with Crippen LogP contribution in [0.1, 0.15) is 31.1 Å². The molecular weight excluding hydrogens is 454 g/mol. The Kier molecular flexibility index (Phi) is 6.35. The fourth-order valence-electron chi connectivity index (χ4n) is 2.87. The number of hydrogen-bond donors (Lipinski definition) is 2. The maximum atomic E-state index is 12.4. The zero-order chi connectivity index (χ0) is 22.0. The van der Waals surface area contributed by atoms with Crippen molar-refractivity contribution < 1.29 is 9.53 Å². The minimum Gasteiger partial charge on any atom is -0.497 e. The topological polar surface area (TPSA) is 110 Å². The summed E-state index contributed by atoms with van der Waals surface area (Å²) in [5, 5.41) is 12.6. The SMILES string of the molecule is COc1ccc(NC(=O)c2nnc(CSCc3nc4sc(C)c(C)c4c(=O)[nH]3)s2)cc1.